The third-order valence-electron chi connectivity index (χ3n) is 5.56. The highest BCUT2D eigenvalue weighted by atomic mass is 32.2. The Labute approximate surface area is 223 Å². The highest BCUT2D eigenvalue weighted by Crippen LogP contribution is 2.38. The second kappa shape index (κ2) is 10.3. The summed E-state index contributed by atoms with van der Waals surface area (Å²) >= 11 is 6.59. The van der Waals surface area contributed by atoms with Gasteiger partial charge in [0.2, 0.25) is 0 Å². The van der Waals surface area contributed by atoms with E-state index in [1.54, 1.807) is 6.08 Å². The van der Waals surface area contributed by atoms with Gasteiger partial charge >= 0.3 is 10.1 Å². The molecule has 0 aliphatic carbocycles. The lowest BCUT2D eigenvalue weighted by Gasteiger charge is -2.16. The molecule has 1 aliphatic rings. The Morgan fingerprint density at radius 2 is 1.76 bits per heavy atom. The van der Waals surface area contributed by atoms with Gasteiger partial charge < -0.3 is 8.92 Å². The summed E-state index contributed by atoms with van der Waals surface area (Å²) in [5, 5.41) is 11.3. The molecule has 1 amide bonds. The molecule has 1 aliphatic heterocycles. The number of nitrogens with zero attached hydrogens (tertiary/aromatic N) is 2. The van der Waals surface area contributed by atoms with Gasteiger partial charge in [-0.05, 0) is 66.9 Å². The number of para-hydroxylation sites is 1. The molecule has 0 spiro atoms. The molecule has 1 heterocycles. The molecule has 0 atom stereocenters. The third-order valence-corrected chi connectivity index (χ3v) is 8.14. The molecule has 0 radical (unpaired) electrons. The number of nitro groups is 1. The fraction of sp³-hybridized carbons (Fsp3) is 0.120. The van der Waals surface area contributed by atoms with Gasteiger partial charge in [-0.25, -0.2) is 0 Å². The monoisotopic (exact) mass is 556 g/mol. The zero-order valence-corrected chi connectivity index (χ0v) is 22.3. The van der Waals surface area contributed by atoms with E-state index in [-0.39, 0.29) is 17.4 Å². The van der Waals surface area contributed by atoms with Crippen LogP contribution in [0.4, 0.5) is 11.4 Å². The maximum absolute atomic E-state index is 13.1. The van der Waals surface area contributed by atoms with Crippen LogP contribution in [0.3, 0.4) is 0 Å². The molecule has 3 aromatic carbocycles. The van der Waals surface area contributed by atoms with Crippen LogP contribution >= 0.6 is 24.0 Å². The number of hydrogen-bond donors (Lipinski definition) is 0. The number of carbonyl (C=O) groups excluding carboxylic acids is 1. The Hall–Kier alpha value is -3.74. The molecule has 0 saturated carbocycles. The Kier molecular flexibility index (Phi) is 7.35. The summed E-state index contributed by atoms with van der Waals surface area (Å²) in [6.45, 7) is 3.94. The first-order chi connectivity index (χ1) is 17.5. The van der Waals surface area contributed by atoms with Crippen LogP contribution in [0.25, 0.3) is 6.08 Å². The predicted octanol–water partition coefficient (Wildman–Crippen LogP) is 5.39. The maximum atomic E-state index is 13.1. The number of ether oxygens (including phenoxy) is 1. The van der Waals surface area contributed by atoms with Gasteiger partial charge in [0, 0.05) is 6.07 Å². The van der Waals surface area contributed by atoms with Gasteiger partial charge in [-0.3, -0.25) is 19.8 Å². The summed E-state index contributed by atoms with van der Waals surface area (Å²) in [4.78, 5) is 24.9. The van der Waals surface area contributed by atoms with Crippen LogP contribution < -0.4 is 13.8 Å². The van der Waals surface area contributed by atoms with E-state index in [4.69, 9.17) is 21.1 Å². The number of thioether (sulfide) groups is 1. The van der Waals surface area contributed by atoms with Crippen molar-refractivity contribution in [3.8, 4) is 11.5 Å². The SMILES string of the molecule is COc1cc(/C=C2\SC(=S)N(c3ccc(C)c(C)c3)C2=O)ccc1OS(=O)(=O)c1ccccc1[N+](=O)[O-]. The third kappa shape index (κ3) is 5.36. The highest BCUT2D eigenvalue weighted by Gasteiger charge is 2.33. The fourth-order valence-corrected chi connectivity index (χ4v) is 5.94. The van der Waals surface area contributed by atoms with Crippen LogP contribution in [-0.4, -0.2) is 30.7 Å². The lowest BCUT2D eigenvalue weighted by Crippen LogP contribution is -2.27. The number of methoxy groups -OCH3 is 1. The molecule has 190 valence electrons. The smallest absolute Gasteiger partial charge is 0.346 e. The van der Waals surface area contributed by atoms with Crippen LogP contribution in [0.2, 0.25) is 0 Å². The fourth-order valence-electron chi connectivity index (χ4n) is 3.53. The quantitative estimate of drug-likeness (QED) is 0.124. The predicted molar refractivity (Wildman–Crippen MR) is 145 cm³/mol. The van der Waals surface area contributed by atoms with Crippen molar-refractivity contribution < 1.29 is 27.1 Å². The van der Waals surface area contributed by atoms with Crippen molar-refractivity contribution in [1.82, 2.24) is 0 Å². The molecule has 37 heavy (non-hydrogen) atoms. The number of benzene rings is 3. The summed E-state index contributed by atoms with van der Waals surface area (Å²) in [6, 6.07) is 14.9. The molecule has 1 saturated heterocycles. The molecule has 0 N–H and O–H groups in total. The van der Waals surface area contributed by atoms with E-state index in [0.717, 1.165) is 35.0 Å². The van der Waals surface area contributed by atoms with Crippen LogP contribution in [0.5, 0.6) is 11.5 Å². The summed E-state index contributed by atoms with van der Waals surface area (Å²) < 4.78 is 36.4. The molecule has 12 heteroatoms. The largest absolute Gasteiger partial charge is 0.493 e. The Bertz CT molecular complexity index is 1580. The lowest BCUT2D eigenvalue weighted by atomic mass is 10.1. The van der Waals surface area contributed by atoms with Gasteiger partial charge in [0.05, 0.1) is 22.6 Å². The number of thiocarbonyl (C=S) groups is 1. The topological polar surface area (TPSA) is 116 Å². The normalized spacial score (nSPS) is 14.8. The maximum Gasteiger partial charge on any atom is 0.346 e. The Morgan fingerprint density at radius 1 is 1.03 bits per heavy atom. The van der Waals surface area contributed by atoms with Crippen molar-refractivity contribution in [3.63, 3.8) is 0 Å². The van der Waals surface area contributed by atoms with Crippen LogP contribution in [0, 0.1) is 24.0 Å². The van der Waals surface area contributed by atoms with E-state index in [0.29, 0.717) is 20.5 Å². The number of carbonyl (C=O) groups is 1. The van der Waals surface area contributed by atoms with Crippen LogP contribution in [0.15, 0.2) is 70.5 Å². The minimum atomic E-state index is -4.54. The standard InChI is InChI=1S/C25H20N2O7S3/c1-15-8-10-18(12-16(15)2)26-24(28)22(36-25(26)35)14-17-9-11-20(21(13-17)33-3)34-37(31,32)23-7-5-4-6-19(23)27(29)30/h4-14H,1-3H3/b22-14-. The molecule has 0 aromatic heterocycles. The van der Waals surface area contributed by atoms with Crippen LogP contribution in [-0.2, 0) is 14.9 Å². The van der Waals surface area contributed by atoms with E-state index in [9.17, 15) is 23.3 Å². The summed E-state index contributed by atoms with van der Waals surface area (Å²) in [7, 11) is -3.21. The first-order valence-electron chi connectivity index (χ1n) is 10.7. The number of nitro benzene ring substituents is 1. The zero-order valence-electron chi connectivity index (χ0n) is 19.8. The Morgan fingerprint density at radius 3 is 2.43 bits per heavy atom. The van der Waals surface area contributed by atoms with Crippen molar-refractivity contribution in [2.45, 2.75) is 18.7 Å². The minimum absolute atomic E-state index is 0.0561. The van der Waals surface area contributed by atoms with E-state index in [2.05, 4.69) is 0 Å². The van der Waals surface area contributed by atoms with E-state index in [1.807, 2.05) is 32.0 Å². The second-order valence-corrected chi connectivity index (χ2v) is 11.1. The first kappa shape index (κ1) is 26.3. The zero-order chi connectivity index (χ0) is 26.9. The molecule has 1 fully saturated rings. The summed E-state index contributed by atoms with van der Waals surface area (Å²) in [5.74, 6) is -0.391. The van der Waals surface area contributed by atoms with Gasteiger partial charge in [-0.1, -0.05) is 48.2 Å². The van der Waals surface area contributed by atoms with Crippen molar-refractivity contribution in [3.05, 3.63) is 92.4 Å². The van der Waals surface area contributed by atoms with Crippen molar-refractivity contribution in [2.24, 2.45) is 0 Å². The highest BCUT2D eigenvalue weighted by molar-refractivity contribution is 8.27. The van der Waals surface area contributed by atoms with Crippen molar-refractivity contribution in [2.75, 3.05) is 12.0 Å². The minimum Gasteiger partial charge on any atom is -0.493 e. The van der Waals surface area contributed by atoms with E-state index < -0.39 is 25.6 Å². The molecule has 0 bridgehead atoms. The summed E-state index contributed by atoms with van der Waals surface area (Å²) in [6.07, 6.45) is 1.61. The van der Waals surface area contributed by atoms with E-state index >= 15 is 0 Å². The van der Waals surface area contributed by atoms with Crippen molar-refractivity contribution in [1.29, 1.82) is 0 Å². The number of aryl methyl sites for hydroxylation is 2. The second-order valence-electron chi connectivity index (χ2n) is 7.96. The lowest BCUT2D eigenvalue weighted by molar-refractivity contribution is -0.387. The van der Waals surface area contributed by atoms with E-state index in [1.165, 1.54) is 42.3 Å². The van der Waals surface area contributed by atoms with Gasteiger partial charge in [-0.2, -0.15) is 8.42 Å². The van der Waals surface area contributed by atoms with Gasteiger partial charge in [0.15, 0.2) is 20.7 Å². The number of anilines is 1. The average molecular weight is 557 g/mol. The molecular weight excluding hydrogens is 536 g/mol. The molecular formula is C25H20N2O7S3. The number of rotatable bonds is 7. The number of hydrogen-bond acceptors (Lipinski definition) is 9. The van der Waals surface area contributed by atoms with Crippen molar-refractivity contribution >= 4 is 61.8 Å². The first-order valence-corrected chi connectivity index (χ1v) is 13.4. The average Bonchev–Trinajstić information content (AvgIpc) is 3.14. The molecule has 0 unspecified atom stereocenters. The molecule has 3 aromatic rings. The summed E-state index contributed by atoms with van der Waals surface area (Å²) in [5.41, 5.74) is 2.74. The number of amides is 1. The molecule has 9 nitrogen and oxygen atoms in total. The molecule has 4 rings (SSSR count). The Balaban J connectivity index is 1.62. The van der Waals surface area contributed by atoms with Gasteiger partial charge in [0.25, 0.3) is 11.6 Å². The van der Waals surface area contributed by atoms with Gasteiger partial charge in [-0.15, -0.1) is 0 Å². The van der Waals surface area contributed by atoms with Crippen LogP contribution in [0.1, 0.15) is 16.7 Å². The van der Waals surface area contributed by atoms with Gasteiger partial charge in [0.1, 0.15) is 0 Å².